The summed E-state index contributed by atoms with van der Waals surface area (Å²) in [6.07, 6.45) is 7.78. The van der Waals surface area contributed by atoms with Crippen molar-refractivity contribution in [1.29, 1.82) is 0 Å². The molecule has 2 heterocycles. The van der Waals surface area contributed by atoms with Crippen molar-refractivity contribution in [1.82, 2.24) is 25.0 Å². The number of ether oxygens (including phenoxy) is 3. The fraction of sp³-hybridized carbons (Fsp3) is 0.458. The number of methoxy groups -OCH3 is 3. The number of aromatic nitrogens is 5. The van der Waals surface area contributed by atoms with Crippen LogP contribution < -0.4 is 19.5 Å². The van der Waals surface area contributed by atoms with E-state index in [-0.39, 0.29) is 11.7 Å². The van der Waals surface area contributed by atoms with Gasteiger partial charge in [-0.05, 0) is 25.0 Å². The van der Waals surface area contributed by atoms with Crippen molar-refractivity contribution in [2.75, 3.05) is 32.4 Å². The largest absolute Gasteiger partial charge is 0.493 e. The molecule has 1 aromatic carbocycles. The fourth-order valence-corrected chi connectivity index (χ4v) is 5.87. The Labute approximate surface area is 218 Å². The average Bonchev–Trinajstić information content (AvgIpc) is 3.54. The number of amides is 1. The maximum atomic E-state index is 12.6. The van der Waals surface area contributed by atoms with E-state index in [1.54, 1.807) is 27.4 Å². The molecule has 192 valence electrons. The lowest BCUT2D eigenvalue weighted by atomic mass is 9.90. The van der Waals surface area contributed by atoms with Crippen molar-refractivity contribution in [2.24, 2.45) is 0 Å². The molecule has 2 aromatic heterocycles. The smallest absolute Gasteiger partial charge is 0.236 e. The highest BCUT2D eigenvalue weighted by Crippen LogP contribution is 2.41. The molecule has 1 amide bonds. The molecule has 0 spiro atoms. The van der Waals surface area contributed by atoms with Gasteiger partial charge in [0, 0.05) is 18.0 Å². The summed E-state index contributed by atoms with van der Waals surface area (Å²) < 4.78 is 18.2. The van der Waals surface area contributed by atoms with Crippen molar-refractivity contribution in [3.05, 3.63) is 29.8 Å². The molecule has 10 nitrogen and oxygen atoms in total. The van der Waals surface area contributed by atoms with Gasteiger partial charge in [0.2, 0.25) is 16.8 Å². The summed E-state index contributed by atoms with van der Waals surface area (Å²) in [5.41, 5.74) is 0.735. The van der Waals surface area contributed by atoms with Gasteiger partial charge in [-0.3, -0.25) is 14.7 Å². The van der Waals surface area contributed by atoms with Crippen molar-refractivity contribution in [2.45, 2.75) is 49.7 Å². The van der Waals surface area contributed by atoms with E-state index in [1.807, 2.05) is 16.7 Å². The molecule has 3 aromatic rings. The lowest BCUT2D eigenvalue weighted by Gasteiger charge is -2.18. The SMILES string of the molecule is C=CCn1c(SCC(=O)Nc2nnc(C3CCCCC3)s2)nnc1-c1cc(OC)c(OC)c(OC)c1. The number of thioether (sulfide) groups is 1. The zero-order chi connectivity index (χ0) is 25.5. The van der Waals surface area contributed by atoms with E-state index in [0.29, 0.717) is 45.8 Å². The topological polar surface area (TPSA) is 113 Å². The highest BCUT2D eigenvalue weighted by atomic mass is 32.2. The summed E-state index contributed by atoms with van der Waals surface area (Å²) >= 11 is 2.76. The van der Waals surface area contributed by atoms with Gasteiger partial charge in [-0.1, -0.05) is 48.4 Å². The number of allylic oxidation sites excluding steroid dienone is 1. The second kappa shape index (κ2) is 12.2. The molecule has 0 saturated heterocycles. The number of hydrogen-bond acceptors (Lipinski definition) is 10. The fourth-order valence-electron chi connectivity index (χ4n) is 4.20. The molecule has 0 atom stereocenters. The van der Waals surface area contributed by atoms with Crippen LogP contribution in [0.15, 0.2) is 29.9 Å². The van der Waals surface area contributed by atoms with Crippen molar-refractivity contribution in [3.8, 4) is 28.6 Å². The van der Waals surface area contributed by atoms with Gasteiger partial charge in [0.25, 0.3) is 0 Å². The monoisotopic (exact) mass is 530 g/mol. The van der Waals surface area contributed by atoms with E-state index in [2.05, 4.69) is 32.3 Å². The Morgan fingerprint density at radius 3 is 2.47 bits per heavy atom. The average molecular weight is 531 g/mol. The second-order valence-electron chi connectivity index (χ2n) is 8.24. The van der Waals surface area contributed by atoms with E-state index in [1.165, 1.54) is 42.4 Å². The van der Waals surface area contributed by atoms with Crippen LogP contribution in [0.2, 0.25) is 0 Å². The molecule has 36 heavy (non-hydrogen) atoms. The molecule has 0 bridgehead atoms. The third-order valence-corrected chi connectivity index (χ3v) is 7.89. The van der Waals surface area contributed by atoms with Crippen LogP contribution >= 0.6 is 23.1 Å². The molecule has 1 fully saturated rings. The summed E-state index contributed by atoms with van der Waals surface area (Å²) in [7, 11) is 4.68. The predicted octanol–water partition coefficient (Wildman–Crippen LogP) is 4.79. The minimum absolute atomic E-state index is 0.156. The van der Waals surface area contributed by atoms with Crippen LogP contribution in [0.1, 0.15) is 43.0 Å². The first kappa shape index (κ1) is 26.0. The van der Waals surface area contributed by atoms with Crippen LogP contribution in [-0.4, -0.2) is 58.0 Å². The molecule has 12 heteroatoms. The molecule has 1 aliphatic carbocycles. The summed E-state index contributed by atoms with van der Waals surface area (Å²) in [4.78, 5) is 12.6. The van der Waals surface area contributed by atoms with Gasteiger partial charge in [-0.15, -0.1) is 27.0 Å². The van der Waals surface area contributed by atoms with Crippen LogP contribution in [-0.2, 0) is 11.3 Å². The lowest BCUT2D eigenvalue weighted by Crippen LogP contribution is -2.14. The number of benzene rings is 1. The first-order chi connectivity index (χ1) is 17.6. The Bertz CT molecular complexity index is 1180. The highest BCUT2D eigenvalue weighted by Gasteiger charge is 2.22. The first-order valence-electron chi connectivity index (χ1n) is 11.7. The van der Waals surface area contributed by atoms with E-state index in [0.717, 1.165) is 23.4 Å². The van der Waals surface area contributed by atoms with Crippen LogP contribution in [0.25, 0.3) is 11.4 Å². The number of nitrogens with zero attached hydrogens (tertiary/aromatic N) is 5. The number of hydrogen-bond donors (Lipinski definition) is 1. The predicted molar refractivity (Wildman–Crippen MR) is 140 cm³/mol. The summed E-state index contributed by atoms with van der Waals surface area (Å²) in [5.74, 6) is 2.56. The van der Waals surface area contributed by atoms with Gasteiger partial charge in [0.1, 0.15) is 5.01 Å². The maximum Gasteiger partial charge on any atom is 0.236 e. The Hall–Kier alpha value is -3.12. The number of anilines is 1. The molecule has 0 unspecified atom stereocenters. The van der Waals surface area contributed by atoms with Gasteiger partial charge in [0.05, 0.1) is 27.1 Å². The van der Waals surface area contributed by atoms with Crippen LogP contribution in [0.3, 0.4) is 0 Å². The van der Waals surface area contributed by atoms with Crippen LogP contribution in [0.5, 0.6) is 17.2 Å². The van der Waals surface area contributed by atoms with Crippen LogP contribution in [0, 0.1) is 0 Å². The molecule has 0 aliphatic heterocycles. The van der Waals surface area contributed by atoms with Gasteiger partial charge in [-0.25, -0.2) is 0 Å². The molecule has 1 saturated carbocycles. The minimum Gasteiger partial charge on any atom is -0.493 e. The number of nitrogens with one attached hydrogen (secondary N) is 1. The number of carbonyl (C=O) groups is 1. The Morgan fingerprint density at radius 1 is 1.11 bits per heavy atom. The number of rotatable bonds is 11. The molecule has 0 radical (unpaired) electrons. The van der Waals surface area contributed by atoms with Crippen molar-refractivity contribution < 1.29 is 19.0 Å². The van der Waals surface area contributed by atoms with E-state index in [4.69, 9.17) is 14.2 Å². The Balaban J connectivity index is 1.46. The molecular weight excluding hydrogens is 500 g/mol. The lowest BCUT2D eigenvalue weighted by molar-refractivity contribution is -0.113. The third kappa shape index (κ3) is 5.81. The van der Waals surface area contributed by atoms with Crippen molar-refractivity contribution in [3.63, 3.8) is 0 Å². The first-order valence-corrected chi connectivity index (χ1v) is 13.5. The zero-order valence-electron chi connectivity index (χ0n) is 20.7. The molecule has 1 aliphatic rings. The molecule has 1 N–H and O–H groups in total. The van der Waals surface area contributed by atoms with Gasteiger partial charge in [-0.2, -0.15) is 0 Å². The van der Waals surface area contributed by atoms with E-state index < -0.39 is 0 Å². The van der Waals surface area contributed by atoms with E-state index in [9.17, 15) is 4.79 Å². The van der Waals surface area contributed by atoms with Gasteiger partial charge in [0.15, 0.2) is 22.5 Å². The minimum atomic E-state index is -0.172. The quantitative estimate of drug-likeness (QED) is 0.276. The van der Waals surface area contributed by atoms with Crippen LogP contribution in [0.4, 0.5) is 5.13 Å². The Kier molecular flexibility index (Phi) is 8.81. The second-order valence-corrected chi connectivity index (χ2v) is 10.2. The normalized spacial score (nSPS) is 13.9. The van der Waals surface area contributed by atoms with E-state index >= 15 is 0 Å². The Morgan fingerprint density at radius 2 is 1.83 bits per heavy atom. The van der Waals surface area contributed by atoms with Gasteiger partial charge >= 0.3 is 0 Å². The summed E-state index contributed by atoms with van der Waals surface area (Å²) in [5, 5.41) is 22.2. The van der Waals surface area contributed by atoms with Crippen molar-refractivity contribution >= 4 is 34.1 Å². The third-order valence-electron chi connectivity index (χ3n) is 5.93. The molecule has 4 rings (SSSR count). The zero-order valence-corrected chi connectivity index (χ0v) is 22.3. The highest BCUT2D eigenvalue weighted by molar-refractivity contribution is 7.99. The standard InChI is InChI=1S/C24H30N6O4S2/c1-5-11-30-21(16-12-17(32-2)20(34-4)18(13-16)33-3)26-29-24(30)35-14-19(31)25-23-28-27-22(36-23)15-9-7-6-8-10-15/h5,12-13,15H,1,6-11,14H2,2-4H3,(H,25,28,31). The molecular formula is C24H30N6O4S2. The number of carbonyl (C=O) groups excluding carboxylic acids is 1. The summed E-state index contributed by atoms with van der Waals surface area (Å²) in [6.45, 7) is 4.31. The van der Waals surface area contributed by atoms with Gasteiger partial charge < -0.3 is 14.2 Å². The maximum absolute atomic E-state index is 12.6. The summed E-state index contributed by atoms with van der Waals surface area (Å²) in [6, 6.07) is 3.62.